The van der Waals surface area contributed by atoms with E-state index in [1.807, 2.05) is 31.3 Å². The van der Waals surface area contributed by atoms with Crippen molar-refractivity contribution in [2.24, 2.45) is 0 Å². The zero-order valence-electron chi connectivity index (χ0n) is 10.7. The minimum Gasteiger partial charge on any atom is -0.310 e. The Balaban J connectivity index is 1.89. The molecule has 2 aromatic rings. The molecule has 1 aromatic heterocycles. The molecule has 1 N–H and O–H groups in total. The van der Waals surface area contributed by atoms with Gasteiger partial charge in [0.15, 0.2) is 0 Å². The van der Waals surface area contributed by atoms with Crippen LogP contribution in [0.2, 0.25) is 0 Å². The maximum absolute atomic E-state index is 13.8. The third-order valence-corrected chi connectivity index (χ3v) is 3.51. The summed E-state index contributed by atoms with van der Waals surface area (Å²) in [5.41, 5.74) is 1.87. The molecule has 0 radical (unpaired) electrons. The van der Waals surface area contributed by atoms with E-state index in [-0.39, 0.29) is 11.9 Å². The molecule has 19 heavy (non-hydrogen) atoms. The van der Waals surface area contributed by atoms with Crippen molar-refractivity contribution >= 4 is 15.9 Å². The average Bonchev–Trinajstić information content (AvgIpc) is 2.39. The molecule has 0 saturated heterocycles. The van der Waals surface area contributed by atoms with E-state index >= 15 is 0 Å². The lowest BCUT2D eigenvalue weighted by atomic mass is 10.1. The van der Waals surface area contributed by atoms with Gasteiger partial charge in [-0.3, -0.25) is 4.98 Å². The molecule has 1 atom stereocenters. The van der Waals surface area contributed by atoms with Crippen molar-refractivity contribution in [2.75, 3.05) is 6.54 Å². The quantitative estimate of drug-likeness (QED) is 0.903. The molecule has 1 heterocycles. The van der Waals surface area contributed by atoms with Crippen LogP contribution in [0.5, 0.6) is 0 Å². The van der Waals surface area contributed by atoms with Crippen LogP contribution in [0.4, 0.5) is 4.39 Å². The van der Waals surface area contributed by atoms with Gasteiger partial charge >= 0.3 is 0 Å². The van der Waals surface area contributed by atoms with Gasteiger partial charge in [-0.25, -0.2) is 4.39 Å². The summed E-state index contributed by atoms with van der Waals surface area (Å²) in [6.07, 6.45) is 4.50. The highest BCUT2D eigenvalue weighted by molar-refractivity contribution is 9.10. The van der Waals surface area contributed by atoms with Crippen LogP contribution in [0, 0.1) is 5.82 Å². The van der Waals surface area contributed by atoms with Gasteiger partial charge in [-0.2, -0.15) is 0 Å². The Kier molecular flexibility index (Phi) is 5.05. The number of nitrogens with one attached hydrogen (secondary N) is 1. The van der Waals surface area contributed by atoms with Crippen molar-refractivity contribution in [1.82, 2.24) is 10.3 Å². The van der Waals surface area contributed by atoms with Crippen LogP contribution in [0.3, 0.4) is 0 Å². The normalized spacial score (nSPS) is 12.4. The zero-order valence-corrected chi connectivity index (χ0v) is 12.3. The number of benzene rings is 1. The Hall–Kier alpha value is -1.26. The molecule has 1 unspecified atom stereocenters. The van der Waals surface area contributed by atoms with E-state index in [0.29, 0.717) is 5.56 Å². The van der Waals surface area contributed by atoms with Crippen molar-refractivity contribution in [3.63, 3.8) is 0 Å². The molecule has 0 aliphatic carbocycles. The predicted molar refractivity (Wildman–Crippen MR) is 78.5 cm³/mol. The Morgan fingerprint density at radius 1 is 1.37 bits per heavy atom. The van der Waals surface area contributed by atoms with Crippen molar-refractivity contribution in [3.8, 4) is 0 Å². The Bertz CT molecular complexity index is 531. The number of hydrogen-bond donors (Lipinski definition) is 1. The maximum Gasteiger partial charge on any atom is 0.129 e. The van der Waals surface area contributed by atoms with Crippen molar-refractivity contribution < 1.29 is 4.39 Å². The minimum absolute atomic E-state index is 0.00947. The standard InChI is InChI=1S/C15H16BrFN2/c1-11(14-5-4-13(16)9-15(14)17)19-8-6-12-3-2-7-18-10-12/h2-5,7,9-11,19H,6,8H2,1H3. The molecule has 0 saturated carbocycles. The van der Waals surface area contributed by atoms with Gasteiger partial charge in [-0.1, -0.05) is 28.1 Å². The van der Waals surface area contributed by atoms with E-state index in [1.54, 1.807) is 12.3 Å². The molecule has 0 spiro atoms. The first-order chi connectivity index (χ1) is 9.16. The number of pyridine rings is 1. The molecule has 0 aliphatic rings. The van der Waals surface area contributed by atoms with Crippen LogP contribution < -0.4 is 5.32 Å². The number of nitrogens with zero attached hydrogens (tertiary/aromatic N) is 1. The van der Waals surface area contributed by atoms with E-state index in [4.69, 9.17) is 0 Å². The lowest BCUT2D eigenvalue weighted by Gasteiger charge is -2.15. The SMILES string of the molecule is CC(NCCc1cccnc1)c1ccc(Br)cc1F. The van der Waals surface area contributed by atoms with Gasteiger partial charge < -0.3 is 5.32 Å². The fraction of sp³-hybridized carbons (Fsp3) is 0.267. The Labute approximate surface area is 121 Å². The number of aromatic nitrogens is 1. The first-order valence-electron chi connectivity index (χ1n) is 6.24. The van der Waals surface area contributed by atoms with Crippen LogP contribution in [0.25, 0.3) is 0 Å². The second-order valence-corrected chi connectivity index (χ2v) is 5.37. The lowest BCUT2D eigenvalue weighted by molar-refractivity contribution is 0.530. The number of hydrogen-bond acceptors (Lipinski definition) is 2. The molecular formula is C15H16BrFN2. The summed E-state index contributed by atoms with van der Waals surface area (Å²) in [5, 5.41) is 3.32. The largest absolute Gasteiger partial charge is 0.310 e. The van der Waals surface area contributed by atoms with E-state index < -0.39 is 0 Å². The van der Waals surface area contributed by atoms with Crippen LogP contribution in [0.1, 0.15) is 24.1 Å². The highest BCUT2D eigenvalue weighted by Gasteiger charge is 2.10. The average molecular weight is 323 g/mol. The Morgan fingerprint density at radius 3 is 2.89 bits per heavy atom. The highest BCUT2D eigenvalue weighted by Crippen LogP contribution is 2.20. The van der Waals surface area contributed by atoms with E-state index in [2.05, 4.69) is 26.2 Å². The summed E-state index contributed by atoms with van der Waals surface area (Å²) in [5.74, 6) is -0.184. The van der Waals surface area contributed by atoms with Crippen LogP contribution >= 0.6 is 15.9 Å². The van der Waals surface area contributed by atoms with Gasteiger partial charge in [0.2, 0.25) is 0 Å². The molecule has 2 nitrogen and oxygen atoms in total. The van der Waals surface area contributed by atoms with Crippen molar-refractivity contribution in [2.45, 2.75) is 19.4 Å². The predicted octanol–water partition coefficient (Wildman–Crippen LogP) is 3.88. The molecular weight excluding hydrogens is 307 g/mol. The third-order valence-electron chi connectivity index (χ3n) is 3.02. The first kappa shape index (κ1) is 14.2. The van der Waals surface area contributed by atoms with Crippen LogP contribution in [0.15, 0.2) is 47.2 Å². The molecule has 4 heteroatoms. The number of rotatable bonds is 5. The summed E-state index contributed by atoms with van der Waals surface area (Å²) < 4.78 is 14.5. The van der Waals surface area contributed by atoms with Gasteiger partial charge in [0, 0.05) is 28.5 Å². The molecule has 0 fully saturated rings. The van der Waals surface area contributed by atoms with E-state index in [9.17, 15) is 4.39 Å². The smallest absolute Gasteiger partial charge is 0.129 e. The zero-order chi connectivity index (χ0) is 13.7. The summed E-state index contributed by atoms with van der Waals surface area (Å²) in [6, 6.07) is 9.12. The maximum atomic E-state index is 13.8. The fourth-order valence-corrected chi connectivity index (χ4v) is 2.27. The third kappa shape index (κ3) is 4.11. The topological polar surface area (TPSA) is 24.9 Å². The summed E-state index contributed by atoms with van der Waals surface area (Å²) >= 11 is 3.26. The molecule has 0 amide bonds. The second-order valence-electron chi connectivity index (χ2n) is 4.45. The van der Waals surface area contributed by atoms with Gasteiger partial charge in [-0.05, 0) is 43.7 Å². The van der Waals surface area contributed by atoms with Crippen LogP contribution in [-0.4, -0.2) is 11.5 Å². The van der Waals surface area contributed by atoms with Gasteiger partial charge in [0.1, 0.15) is 5.82 Å². The van der Waals surface area contributed by atoms with E-state index in [1.165, 1.54) is 11.6 Å². The van der Waals surface area contributed by atoms with Gasteiger partial charge in [-0.15, -0.1) is 0 Å². The van der Waals surface area contributed by atoms with Crippen molar-refractivity contribution in [3.05, 3.63) is 64.1 Å². The van der Waals surface area contributed by atoms with Gasteiger partial charge in [0.25, 0.3) is 0 Å². The second kappa shape index (κ2) is 6.78. The monoisotopic (exact) mass is 322 g/mol. The van der Waals surface area contributed by atoms with E-state index in [0.717, 1.165) is 17.4 Å². The van der Waals surface area contributed by atoms with Crippen LogP contribution in [-0.2, 0) is 6.42 Å². The van der Waals surface area contributed by atoms with Crippen molar-refractivity contribution in [1.29, 1.82) is 0 Å². The summed E-state index contributed by atoms with van der Waals surface area (Å²) in [4.78, 5) is 4.07. The molecule has 0 bridgehead atoms. The molecule has 1 aromatic carbocycles. The number of halogens is 2. The molecule has 2 rings (SSSR count). The summed E-state index contributed by atoms with van der Waals surface area (Å²) in [6.45, 7) is 2.76. The van der Waals surface area contributed by atoms with Gasteiger partial charge in [0.05, 0.1) is 0 Å². The summed E-state index contributed by atoms with van der Waals surface area (Å²) in [7, 11) is 0. The molecule has 100 valence electrons. The highest BCUT2D eigenvalue weighted by atomic mass is 79.9. The molecule has 0 aliphatic heterocycles. The minimum atomic E-state index is -0.184. The fourth-order valence-electron chi connectivity index (χ4n) is 1.94. The first-order valence-corrected chi connectivity index (χ1v) is 7.03. The Morgan fingerprint density at radius 2 is 2.21 bits per heavy atom. The lowest BCUT2D eigenvalue weighted by Crippen LogP contribution is -2.22.